The van der Waals surface area contributed by atoms with Gasteiger partial charge in [0.05, 0.1) is 44.1 Å². The summed E-state index contributed by atoms with van der Waals surface area (Å²) in [5.41, 5.74) is 0.958. The van der Waals surface area contributed by atoms with Gasteiger partial charge in [-0.1, -0.05) is 37.6 Å². The third kappa shape index (κ3) is 9.93. The van der Waals surface area contributed by atoms with Crippen molar-refractivity contribution in [2.75, 3.05) is 19.8 Å². The van der Waals surface area contributed by atoms with Crippen molar-refractivity contribution in [3.8, 4) is 5.75 Å². The van der Waals surface area contributed by atoms with E-state index in [1.54, 1.807) is 27.7 Å². The Morgan fingerprint density at radius 3 is 2.61 bits per heavy atom. The summed E-state index contributed by atoms with van der Waals surface area (Å²) in [4.78, 5) is 27.0. The largest absolute Gasteiger partial charge is 0.494 e. The van der Waals surface area contributed by atoms with Crippen molar-refractivity contribution in [3.05, 3.63) is 42.0 Å². The van der Waals surface area contributed by atoms with Crippen LogP contribution in [0, 0.1) is 0 Å². The molecule has 0 spiro atoms. The number of benzene rings is 1. The highest BCUT2D eigenvalue weighted by Gasteiger charge is 2.46. The lowest BCUT2D eigenvalue weighted by molar-refractivity contribution is -0.223. The van der Waals surface area contributed by atoms with Gasteiger partial charge in [0.2, 0.25) is 5.91 Å². The molecular formula is C29H46N2O7. The molecule has 2 rings (SSSR count). The molecule has 214 valence electrons. The molecule has 2 amide bonds. The van der Waals surface area contributed by atoms with E-state index in [-0.39, 0.29) is 19.1 Å². The zero-order valence-corrected chi connectivity index (χ0v) is 24.0. The Morgan fingerprint density at radius 1 is 1.29 bits per heavy atom. The molecule has 1 saturated heterocycles. The van der Waals surface area contributed by atoms with Crippen LogP contribution in [-0.2, 0) is 25.4 Å². The highest BCUT2D eigenvalue weighted by atomic mass is 16.7. The predicted octanol–water partition coefficient (Wildman–Crippen LogP) is 4.22. The molecule has 2 N–H and O–H groups in total. The van der Waals surface area contributed by atoms with Gasteiger partial charge in [0.25, 0.3) is 0 Å². The second-order valence-electron chi connectivity index (χ2n) is 11.0. The van der Waals surface area contributed by atoms with E-state index in [1.165, 1.54) is 11.8 Å². The lowest BCUT2D eigenvalue weighted by atomic mass is 9.94. The quantitative estimate of drug-likeness (QED) is 0.306. The number of morpholine rings is 1. The number of hydrogen-bond donors (Lipinski definition) is 2. The normalized spacial score (nSPS) is 21.4. The van der Waals surface area contributed by atoms with E-state index >= 15 is 0 Å². The number of nitrogens with zero attached hydrogens (tertiary/aromatic N) is 1. The van der Waals surface area contributed by atoms with Crippen molar-refractivity contribution in [1.82, 2.24) is 10.2 Å². The Morgan fingerprint density at radius 2 is 2.00 bits per heavy atom. The lowest BCUT2D eigenvalue weighted by Gasteiger charge is -2.47. The van der Waals surface area contributed by atoms with Gasteiger partial charge in [0, 0.05) is 6.92 Å². The van der Waals surface area contributed by atoms with Gasteiger partial charge in [-0.3, -0.25) is 9.69 Å². The molecule has 1 heterocycles. The number of carbonyl (C=O) groups is 2. The number of unbranched alkanes of at least 4 members (excludes halogenated alkanes) is 1. The van der Waals surface area contributed by atoms with Gasteiger partial charge in [-0.05, 0) is 65.2 Å². The summed E-state index contributed by atoms with van der Waals surface area (Å²) in [5, 5.41) is 14.5. The second kappa shape index (κ2) is 14.5. The van der Waals surface area contributed by atoms with Crippen molar-refractivity contribution < 1.29 is 33.6 Å². The number of rotatable bonds is 12. The molecule has 0 bridgehead atoms. The van der Waals surface area contributed by atoms with Crippen LogP contribution in [0.25, 0.3) is 0 Å². The first-order chi connectivity index (χ1) is 17.8. The molecule has 0 saturated carbocycles. The van der Waals surface area contributed by atoms with Crippen LogP contribution < -0.4 is 10.1 Å². The summed E-state index contributed by atoms with van der Waals surface area (Å²) in [6.45, 7) is 17.2. The van der Waals surface area contributed by atoms with Crippen LogP contribution in [0.3, 0.4) is 0 Å². The summed E-state index contributed by atoms with van der Waals surface area (Å²) in [6, 6.07) is 5.55. The summed E-state index contributed by atoms with van der Waals surface area (Å²) in [7, 11) is 0. The Kier molecular flexibility index (Phi) is 12.1. The van der Waals surface area contributed by atoms with Crippen LogP contribution >= 0.6 is 0 Å². The van der Waals surface area contributed by atoms with E-state index in [2.05, 4.69) is 18.8 Å². The van der Waals surface area contributed by atoms with E-state index in [4.69, 9.17) is 18.9 Å². The van der Waals surface area contributed by atoms with E-state index < -0.39 is 42.2 Å². The SMILES string of the molecule is C=C(C)CO[C@@H]1OC[C@H]([C@@H](O)[C@H](Cc2cccc(OCCCC)c2)NC(C)=O)N(C(=O)OC(C)(C)C)[C@H]1C. The molecule has 1 fully saturated rings. The van der Waals surface area contributed by atoms with E-state index in [1.807, 2.05) is 31.2 Å². The standard InChI is InChI=1S/C29H46N2O7/c1-9-10-14-35-23-13-11-12-22(15-23)16-24(30-21(5)32)26(33)25-18-37-27(36-17-19(2)3)20(4)31(25)28(34)38-29(6,7)8/h11-13,15,20,24-27,33H,2,9-10,14,16-18H2,1,3-8H3,(H,30,32)/t20-,24-,25+,26-,27+/m0/s1. The van der Waals surface area contributed by atoms with Gasteiger partial charge in [-0.2, -0.15) is 0 Å². The molecule has 9 heteroatoms. The highest BCUT2D eigenvalue weighted by molar-refractivity contribution is 5.73. The van der Waals surface area contributed by atoms with Crippen molar-refractivity contribution in [2.45, 2.75) is 104 Å². The van der Waals surface area contributed by atoms with Crippen molar-refractivity contribution in [2.24, 2.45) is 0 Å². The van der Waals surface area contributed by atoms with Gasteiger partial charge in [0.1, 0.15) is 11.4 Å². The molecule has 9 nitrogen and oxygen atoms in total. The molecular weight excluding hydrogens is 488 g/mol. The summed E-state index contributed by atoms with van der Waals surface area (Å²) < 4.78 is 23.3. The zero-order valence-electron chi connectivity index (χ0n) is 24.0. The monoisotopic (exact) mass is 534 g/mol. The molecule has 5 atom stereocenters. The Balaban J connectivity index is 2.31. The van der Waals surface area contributed by atoms with E-state index in [0.29, 0.717) is 13.0 Å². The summed E-state index contributed by atoms with van der Waals surface area (Å²) >= 11 is 0. The first kappa shape index (κ1) is 31.6. The van der Waals surface area contributed by atoms with Crippen LogP contribution in [0.4, 0.5) is 4.79 Å². The Labute approximate surface area is 227 Å². The van der Waals surface area contributed by atoms with Crippen molar-refractivity contribution in [1.29, 1.82) is 0 Å². The zero-order chi connectivity index (χ0) is 28.5. The number of carbonyl (C=O) groups excluding carboxylic acids is 2. The Bertz CT molecular complexity index is 930. The van der Waals surface area contributed by atoms with E-state index in [0.717, 1.165) is 29.7 Å². The molecule has 0 aromatic heterocycles. The van der Waals surface area contributed by atoms with Gasteiger partial charge in [0.15, 0.2) is 6.29 Å². The summed E-state index contributed by atoms with van der Waals surface area (Å²) in [6.07, 6.45) is -0.150. The van der Waals surface area contributed by atoms with Crippen LogP contribution in [0.2, 0.25) is 0 Å². The molecule has 1 aromatic rings. The number of amides is 2. The van der Waals surface area contributed by atoms with Crippen LogP contribution in [0.5, 0.6) is 5.75 Å². The first-order valence-electron chi connectivity index (χ1n) is 13.4. The molecule has 1 aromatic carbocycles. The second-order valence-corrected chi connectivity index (χ2v) is 11.0. The van der Waals surface area contributed by atoms with Crippen LogP contribution in [-0.4, -0.2) is 77.9 Å². The van der Waals surface area contributed by atoms with Crippen LogP contribution in [0.15, 0.2) is 36.4 Å². The fourth-order valence-electron chi connectivity index (χ4n) is 4.27. The number of hydrogen-bond acceptors (Lipinski definition) is 7. The smallest absolute Gasteiger partial charge is 0.411 e. The molecule has 0 aliphatic carbocycles. The minimum Gasteiger partial charge on any atom is -0.494 e. The first-order valence-corrected chi connectivity index (χ1v) is 13.4. The fraction of sp³-hybridized carbons (Fsp3) is 0.655. The van der Waals surface area contributed by atoms with E-state index in [9.17, 15) is 14.7 Å². The van der Waals surface area contributed by atoms with Gasteiger partial charge in [-0.15, -0.1) is 0 Å². The van der Waals surface area contributed by atoms with Crippen molar-refractivity contribution >= 4 is 12.0 Å². The van der Waals surface area contributed by atoms with Gasteiger partial charge >= 0.3 is 6.09 Å². The number of aliphatic hydroxyl groups is 1. The van der Waals surface area contributed by atoms with Gasteiger partial charge in [-0.25, -0.2) is 4.79 Å². The molecule has 38 heavy (non-hydrogen) atoms. The maximum absolute atomic E-state index is 13.4. The topological polar surface area (TPSA) is 107 Å². The van der Waals surface area contributed by atoms with Gasteiger partial charge < -0.3 is 29.4 Å². The Hall–Kier alpha value is -2.62. The molecule has 0 radical (unpaired) electrons. The lowest BCUT2D eigenvalue weighted by Crippen LogP contribution is -2.65. The number of ether oxygens (including phenoxy) is 4. The maximum Gasteiger partial charge on any atom is 0.411 e. The third-order valence-electron chi connectivity index (χ3n) is 6.04. The minimum absolute atomic E-state index is 0.00185. The molecule has 1 aliphatic rings. The predicted molar refractivity (Wildman–Crippen MR) is 146 cm³/mol. The van der Waals surface area contributed by atoms with Crippen LogP contribution in [0.1, 0.15) is 66.9 Å². The number of nitrogens with one attached hydrogen (secondary N) is 1. The number of aliphatic hydroxyl groups excluding tert-OH is 1. The average molecular weight is 535 g/mol. The highest BCUT2D eigenvalue weighted by Crippen LogP contribution is 2.27. The fourth-order valence-corrected chi connectivity index (χ4v) is 4.27. The molecule has 0 unspecified atom stereocenters. The third-order valence-corrected chi connectivity index (χ3v) is 6.04. The summed E-state index contributed by atoms with van der Waals surface area (Å²) in [5.74, 6) is 0.440. The minimum atomic E-state index is -1.15. The maximum atomic E-state index is 13.4. The average Bonchev–Trinajstić information content (AvgIpc) is 2.81. The molecule has 1 aliphatic heterocycles. The van der Waals surface area contributed by atoms with Crippen molar-refractivity contribution in [3.63, 3.8) is 0 Å².